The lowest BCUT2D eigenvalue weighted by Crippen LogP contribution is -2.32. The molecule has 0 radical (unpaired) electrons. The number of nitrogens with zero attached hydrogens (tertiary/aromatic N) is 3. The van der Waals surface area contributed by atoms with Crippen LogP contribution in [0.25, 0.3) is 5.69 Å². The Bertz CT molecular complexity index is 682. The van der Waals surface area contributed by atoms with E-state index in [2.05, 4.69) is 23.4 Å². The van der Waals surface area contributed by atoms with E-state index in [1.54, 1.807) is 12.1 Å². The van der Waals surface area contributed by atoms with Crippen molar-refractivity contribution in [3.8, 4) is 11.8 Å². The minimum Gasteiger partial charge on any atom is -0.392 e. The van der Waals surface area contributed by atoms with Gasteiger partial charge in [-0.3, -0.25) is 0 Å². The minimum atomic E-state index is -0.355. The summed E-state index contributed by atoms with van der Waals surface area (Å²) in [6.07, 6.45) is 1.50. The van der Waals surface area contributed by atoms with Crippen molar-refractivity contribution in [1.82, 2.24) is 15.1 Å². The Balaban J connectivity index is 2.13. The minimum absolute atomic E-state index is 0.107. The van der Waals surface area contributed by atoms with Crippen LogP contribution in [0, 0.1) is 24.2 Å². The number of nitrogens with one attached hydrogen (secondary N) is 1. The number of aliphatic hydroxyl groups is 1. The molecule has 5 nitrogen and oxygen atoms in total. The lowest BCUT2D eigenvalue weighted by molar-refractivity contribution is 0.120. The summed E-state index contributed by atoms with van der Waals surface area (Å²) >= 11 is 0. The largest absolute Gasteiger partial charge is 0.392 e. The second kappa shape index (κ2) is 7.40. The fourth-order valence-corrected chi connectivity index (χ4v) is 2.43. The zero-order valence-corrected chi connectivity index (χ0v) is 14.1. The fourth-order valence-electron chi connectivity index (χ4n) is 2.43. The van der Waals surface area contributed by atoms with E-state index < -0.39 is 0 Å². The number of aliphatic hydroxyl groups excluding tert-OH is 1. The number of benzene rings is 1. The van der Waals surface area contributed by atoms with Gasteiger partial charge in [0.15, 0.2) is 0 Å². The number of hydrogen-bond acceptors (Lipinski definition) is 4. The highest BCUT2D eigenvalue weighted by Gasteiger charge is 2.16. The second-order valence-corrected chi connectivity index (χ2v) is 6.20. The van der Waals surface area contributed by atoms with Crippen molar-refractivity contribution in [3.63, 3.8) is 0 Å². The first-order valence-electron chi connectivity index (χ1n) is 7.90. The Morgan fingerprint density at radius 2 is 1.91 bits per heavy atom. The van der Waals surface area contributed by atoms with Crippen molar-refractivity contribution >= 4 is 0 Å². The SMILES string of the molecule is Cc1c(C(C)NCC(O)C(C)C)cnn1-c1ccc(C#N)cc1. The molecule has 0 bridgehead atoms. The maximum absolute atomic E-state index is 9.91. The van der Waals surface area contributed by atoms with Gasteiger partial charge < -0.3 is 10.4 Å². The lowest BCUT2D eigenvalue weighted by atomic mass is 10.1. The van der Waals surface area contributed by atoms with E-state index in [0.29, 0.717) is 12.1 Å². The Morgan fingerprint density at radius 3 is 2.48 bits per heavy atom. The van der Waals surface area contributed by atoms with E-state index in [4.69, 9.17) is 5.26 Å². The fraction of sp³-hybridized carbons (Fsp3) is 0.444. The van der Waals surface area contributed by atoms with Gasteiger partial charge in [-0.15, -0.1) is 0 Å². The summed E-state index contributed by atoms with van der Waals surface area (Å²) in [7, 11) is 0. The average molecular weight is 312 g/mol. The van der Waals surface area contributed by atoms with Crippen molar-refractivity contribution in [3.05, 3.63) is 47.3 Å². The van der Waals surface area contributed by atoms with E-state index in [1.807, 2.05) is 43.8 Å². The number of rotatable bonds is 6. The van der Waals surface area contributed by atoms with Crippen LogP contribution in [0.5, 0.6) is 0 Å². The van der Waals surface area contributed by atoms with Gasteiger partial charge in [0, 0.05) is 23.8 Å². The monoisotopic (exact) mass is 312 g/mol. The van der Waals surface area contributed by atoms with Crippen molar-refractivity contribution in [2.45, 2.75) is 39.8 Å². The Morgan fingerprint density at radius 1 is 1.26 bits per heavy atom. The molecule has 1 aromatic carbocycles. The van der Waals surface area contributed by atoms with Crippen molar-refractivity contribution < 1.29 is 5.11 Å². The normalized spacial score (nSPS) is 13.8. The van der Waals surface area contributed by atoms with Crippen molar-refractivity contribution in [1.29, 1.82) is 5.26 Å². The number of hydrogen-bond donors (Lipinski definition) is 2. The standard InChI is InChI=1S/C18H24N4O/c1-12(2)18(23)11-20-13(3)17-10-21-22(14(17)4)16-7-5-15(9-19)6-8-16/h5-8,10,12-13,18,20,23H,11H2,1-4H3. The molecule has 2 rings (SSSR count). The molecule has 0 amide bonds. The molecule has 2 N–H and O–H groups in total. The first-order valence-corrected chi connectivity index (χ1v) is 7.90. The molecule has 5 heteroatoms. The van der Waals surface area contributed by atoms with Gasteiger partial charge in [0.1, 0.15) is 0 Å². The smallest absolute Gasteiger partial charge is 0.0991 e. The van der Waals surface area contributed by atoms with E-state index in [9.17, 15) is 5.11 Å². The van der Waals surface area contributed by atoms with Crippen LogP contribution in [0.15, 0.2) is 30.5 Å². The molecular formula is C18H24N4O. The van der Waals surface area contributed by atoms with Crippen LogP contribution in [-0.4, -0.2) is 27.5 Å². The van der Waals surface area contributed by atoms with Crippen LogP contribution >= 0.6 is 0 Å². The highest BCUT2D eigenvalue weighted by atomic mass is 16.3. The summed E-state index contributed by atoms with van der Waals surface area (Å²) in [6, 6.07) is 9.58. The quantitative estimate of drug-likeness (QED) is 0.860. The van der Waals surface area contributed by atoms with Gasteiger partial charge in [-0.05, 0) is 44.0 Å². The molecule has 0 aliphatic heterocycles. The average Bonchev–Trinajstić information content (AvgIpc) is 2.93. The summed E-state index contributed by atoms with van der Waals surface area (Å²) < 4.78 is 1.87. The van der Waals surface area contributed by atoms with E-state index in [0.717, 1.165) is 16.9 Å². The van der Waals surface area contributed by atoms with E-state index in [-0.39, 0.29) is 18.1 Å². The van der Waals surface area contributed by atoms with Crippen LogP contribution in [0.4, 0.5) is 0 Å². The van der Waals surface area contributed by atoms with Gasteiger partial charge in [0.2, 0.25) is 0 Å². The first-order chi connectivity index (χ1) is 10.9. The zero-order valence-electron chi connectivity index (χ0n) is 14.1. The van der Waals surface area contributed by atoms with Crippen LogP contribution < -0.4 is 5.32 Å². The molecule has 0 spiro atoms. The molecular weight excluding hydrogens is 288 g/mol. The number of nitriles is 1. The second-order valence-electron chi connectivity index (χ2n) is 6.20. The van der Waals surface area contributed by atoms with Gasteiger partial charge >= 0.3 is 0 Å². The van der Waals surface area contributed by atoms with E-state index in [1.165, 1.54) is 0 Å². The molecule has 23 heavy (non-hydrogen) atoms. The molecule has 2 unspecified atom stereocenters. The predicted molar refractivity (Wildman–Crippen MR) is 90.3 cm³/mol. The molecule has 1 aromatic heterocycles. The third-order valence-corrected chi connectivity index (χ3v) is 4.16. The Kier molecular flexibility index (Phi) is 5.54. The summed E-state index contributed by atoms with van der Waals surface area (Å²) in [5, 5.41) is 26.6. The van der Waals surface area contributed by atoms with Crippen molar-refractivity contribution in [2.75, 3.05) is 6.54 Å². The van der Waals surface area contributed by atoms with Gasteiger partial charge in [-0.25, -0.2) is 4.68 Å². The maximum atomic E-state index is 9.91. The first kappa shape index (κ1) is 17.2. The van der Waals surface area contributed by atoms with Gasteiger partial charge in [0.05, 0.1) is 29.6 Å². The van der Waals surface area contributed by atoms with Gasteiger partial charge in [-0.1, -0.05) is 13.8 Å². The van der Waals surface area contributed by atoms with Crippen LogP contribution in [0.3, 0.4) is 0 Å². The predicted octanol–water partition coefficient (Wildman–Crippen LogP) is 2.72. The Labute approximate surface area is 137 Å². The topological polar surface area (TPSA) is 73.9 Å². The third-order valence-electron chi connectivity index (χ3n) is 4.16. The molecule has 0 fully saturated rings. The summed E-state index contributed by atoms with van der Waals surface area (Å²) in [5.41, 5.74) is 3.72. The maximum Gasteiger partial charge on any atom is 0.0991 e. The Hall–Kier alpha value is -2.16. The molecule has 2 aromatic rings. The molecule has 2 atom stereocenters. The van der Waals surface area contributed by atoms with Crippen molar-refractivity contribution in [2.24, 2.45) is 5.92 Å². The molecule has 0 saturated heterocycles. The molecule has 0 aliphatic carbocycles. The summed E-state index contributed by atoms with van der Waals surface area (Å²) in [6.45, 7) is 8.66. The molecule has 0 saturated carbocycles. The van der Waals surface area contributed by atoms with E-state index >= 15 is 0 Å². The highest BCUT2D eigenvalue weighted by molar-refractivity contribution is 5.40. The molecule has 0 aliphatic rings. The van der Waals surface area contributed by atoms with Crippen LogP contribution in [-0.2, 0) is 0 Å². The highest BCUT2D eigenvalue weighted by Crippen LogP contribution is 2.20. The lowest BCUT2D eigenvalue weighted by Gasteiger charge is -2.19. The third kappa shape index (κ3) is 3.98. The van der Waals surface area contributed by atoms with Gasteiger partial charge in [0.25, 0.3) is 0 Å². The zero-order chi connectivity index (χ0) is 17.0. The summed E-state index contributed by atoms with van der Waals surface area (Å²) in [4.78, 5) is 0. The number of aromatic nitrogens is 2. The molecule has 1 heterocycles. The summed E-state index contributed by atoms with van der Waals surface area (Å²) in [5.74, 6) is 0.233. The van der Waals surface area contributed by atoms with Crippen LogP contribution in [0.2, 0.25) is 0 Å². The molecule has 122 valence electrons. The van der Waals surface area contributed by atoms with Crippen LogP contribution in [0.1, 0.15) is 43.6 Å². The van der Waals surface area contributed by atoms with Gasteiger partial charge in [-0.2, -0.15) is 10.4 Å².